The Labute approximate surface area is 191 Å². The number of amides is 2. The number of rotatable bonds is 5. The average Bonchev–Trinajstić information content (AvgIpc) is 3.35. The monoisotopic (exact) mass is 475 g/mol. The second-order valence-corrected chi connectivity index (χ2v) is 8.39. The largest absolute Gasteiger partial charge is 0.417 e. The first-order valence-electron chi connectivity index (χ1n) is 10.2. The Morgan fingerprint density at radius 2 is 1.73 bits per heavy atom. The van der Waals surface area contributed by atoms with Crippen LogP contribution in [-0.2, 0) is 12.7 Å². The number of carbonyl (C=O) groups is 2. The lowest BCUT2D eigenvalue weighted by molar-refractivity contribution is -0.138. The fourth-order valence-electron chi connectivity index (χ4n) is 3.51. The third-order valence-corrected chi connectivity index (χ3v) is 6.12. The maximum Gasteiger partial charge on any atom is 0.417 e. The predicted octanol–water partition coefficient (Wildman–Crippen LogP) is 3.45. The Kier molecular flexibility index (Phi) is 6.59. The summed E-state index contributed by atoms with van der Waals surface area (Å²) >= 11 is 1.54. The van der Waals surface area contributed by atoms with Crippen LogP contribution in [0.4, 0.5) is 19.0 Å². The quantitative estimate of drug-likeness (QED) is 0.612. The van der Waals surface area contributed by atoms with Gasteiger partial charge in [0.25, 0.3) is 11.8 Å². The molecule has 0 spiro atoms. The molecule has 0 saturated carbocycles. The molecule has 1 saturated heterocycles. The number of carbonyl (C=O) groups excluding carboxylic acids is 2. The molecule has 2 aromatic heterocycles. The molecule has 2 amide bonds. The van der Waals surface area contributed by atoms with E-state index in [1.807, 2.05) is 22.4 Å². The van der Waals surface area contributed by atoms with Crippen LogP contribution >= 0.6 is 11.3 Å². The Morgan fingerprint density at radius 3 is 2.36 bits per heavy atom. The van der Waals surface area contributed by atoms with E-state index in [-0.39, 0.29) is 30.3 Å². The zero-order valence-electron chi connectivity index (χ0n) is 17.4. The summed E-state index contributed by atoms with van der Waals surface area (Å²) in [4.78, 5) is 29.2. The number of halogens is 3. The maximum absolute atomic E-state index is 13.2. The molecule has 0 unspecified atom stereocenters. The van der Waals surface area contributed by atoms with E-state index in [4.69, 9.17) is 0 Å². The Balaban J connectivity index is 1.34. The molecule has 0 atom stereocenters. The van der Waals surface area contributed by atoms with Crippen molar-refractivity contribution in [3.05, 3.63) is 75.6 Å². The fraction of sp³-hybridized carbons (Fsp3) is 0.273. The standard InChI is InChI=1S/C22H20F3N5O2S/c23-22(24,25)17-6-2-1-5-16(17)21(32)30-11-9-29(10-12-30)19-8-7-18(27-28-19)20(31)26-14-15-4-3-13-33-15/h1-8,13H,9-12,14H2,(H,26,31). The van der Waals surface area contributed by atoms with Crippen molar-refractivity contribution in [2.45, 2.75) is 12.7 Å². The number of hydrogen-bond donors (Lipinski definition) is 1. The fourth-order valence-corrected chi connectivity index (χ4v) is 4.16. The third-order valence-electron chi connectivity index (χ3n) is 5.24. The van der Waals surface area contributed by atoms with E-state index >= 15 is 0 Å². The lowest BCUT2D eigenvalue weighted by atomic mass is 10.1. The molecule has 1 aliphatic rings. The molecule has 33 heavy (non-hydrogen) atoms. The van der Waals surface area contributed by atoms with Crippen LogP contribution in [0, 0.1) is 0 Å². The molecule has 1 aliphatic heterocycles. The Morgan fingerprint density at radius 1 is 0.970 bits per heavy atom. The summed E-state index contributed by atoms with van der Waals surface area (Å²) in [6, 6.07) is 11.9. The van der Waals surface area contributed by atoms with E-state index in [1.54, 1.807) is 23.5 Å². The maximum atomic E-state index is 13.2. The zero-order valence-corrected chi connectivity index (χ0v) is 18.2. The summed E-state index contributed by atoms with van der Waals surface area (Å²) in [6.07, 6.45) is -4.60. The van der Waals surface area contributed by atoms with Crippen molar-refractivity contribution in [1.29, 1.82) is 0 Å². The number of anilines is 1. The minimum Gasteiger partial charge on any atom is -0.352 e. The molecule has 1 fully saturated rings. The molecule has 1 aromatic carbocycles. The van der Waals surface area contributed by atoms with Crippen molar-refractivity contribution in [3.63, 3.8) is 0 Å². The topological polar surface area (TPSA) is 78.4 Å². The van der Waals surface area contributed by atoms with Crippen molar-refractivity contribution < 1.29 is 22.8 Å². The van der Waals surface area contributed by atoms with Gasteiger partial charge in [-0.15, -0.1) is 21.5 Å². The van der Waals surface area contributed by atoms with Gasteiger partial charge in [0.2, 0.25) is 0 Å². The molecule has 11 heteroatoms. The number of piperazine rings is 1. The van der Waals surface area contributed by atoms with Crippen LogP contribution in [0.3, 0.4) is 0 Å². The molecule has 172 valence electrons. The van der Waals surface area contributed by atoms with E-state index in [0.717, 1.165) is 10.9 Å². The molecule has 0 radical (unpaired) electrons. The lowest BCUT2D eigenvalue weighted by Crippen LogP contribution is -2.49. The van der Waals surface area contributed by atoms with Gasteiger partial charge in [-0.2, -0.15) is 13.2 Å². The van der Waals surface area contributed by atoms with Crippen LogP contribution in [0.2, 0.25) is 0 Å². The molecule has 7 nitrogen and oxygen atoms in total. The molecular formula is C22H20F3N5O2S. The highest BCUT2D eigenvalue weighted by atomic mass is 32.1. The van der Waals surface area contributed by atoms with Crippen molar-refractivity contribution in [2.24, 2.45) is 0 Å². The summed E-state index contributed by atoms with van der Waals surface area (Å²) in [5.74, 6) is -0.444. The molecule has 0 aliphatic carbocycles. The molecule has 3 aromatic rings. The van der Waals surface area contributed by atoms with E-state index in [9.17, 15) is 22.8 Å². The van der Waals surface area contributed by atoms with E-state index < -0.39 is 17.6 Å². The van der Waals surface area contributed by atoms with Gasteiger partial charge in [-0.3, -0.25) is 9.59 Å². The third kappa shape index (κ3) is 5.30. The van der Waals surface area contributed by atoms with E-state index in [0.29, 0.717) is 25.5 Å². The van der Waals surface area contributed by atoms with Gasteiger partial charge >= 0.3 is 6.18 Å². The van der Waals surface area contributed by atoms with E-state index in [1.165, 1.54) is 23.1 Å². The van der Waals surface area contributed by atoms with Gasteiger partial charge in [-0.05, 0) is 35.7 Å². The van der Waals surface area contributed by atoms with Gasteiger partial charge in [0, 0.05) is 31.1 Å². The number of hydrogen-bond acceptors (Lipinski definition) is 6. The first-order valence-corrected chi connectivity index (χ1v) is 11.1. The smallest absolute Gasteiger partial charge is 0.352 e. The second kappa shape index (κ2) is 9.57. The van der Waals surface area contributed by atoms with Gasteiger partial charge in [0.15, 0.2) is 11.5 Å². The van der Waals surface area contributed by atoms with Gasteiger partial charge in [-0.1, -0.05) is 18.2 Å². The second-order valence-electron chi connectivity index (χ2n) is 7.36. The summed E-state index contributed by atoms with van der Waals surface area (Å²) in [7, 11) is 0. The Hall–Kier alpha value is -3.47. The number of thiophene rings is 1. The van der Waals surface area contributed by atoms with Gasteiger partial charge in [0.1, 0.15) is 0 Å². The number of alkyl halides is 3. The minimum atomic E-state index is -4.60. The first kappa shape index (κ1) is 22.7. The van der Waals surface area contributed by atoms with Gasteiger partial charge < -0.3 is 15.1 Å². The zero-order chi connectivity index (χ0) is 23.4. The van der Waals surface area contributed by atoms with Crippen LogP contribution < -0.4 is 10.2 Å². The summed E-state index contributed by atoms with van der Waals surface area (Å²) in [5.41, 5.74) is -1.10. The average molecular weight is 475 g/mol. The van der Waals surface area contributed by atoms with Crippen LogP contribution in [0.5, 0.6) is 0 Å². The van der Waals surface area contributed by atoms with Crippen molar-refractivity contribution in [1.82, 2.24) is 20.4 Å². The Bertz CT molecular complexity index is 1110. The highest BCUT2D eigenvalue weighted by Crippen LogP contribution is 2.32. The number of benzene rings is 1. The summed E-state index contributed by atoms with van der Waals surface area (Å²) in [6.45, 7) is 1.68. The number of aromatic nitrogens is 2. The number of nitrogens with one attached hydrogen (secondary N) is 1. The van der Waals surface area contributed by atoms with Gasteiger partial charge in [-0.25, -0.2) is 0 Å². The SMILES string of the molecule is O=C(NCc1cccs1)c1ccc(N2CCN(C(=O)c3ccccc3C(F)(F)F)CC2)nn1. The predicted molar refractivity (Wildman–Crippen MR) is 117 cm³/mol. The first-order chi connectivity index (χ1) is 15.8. The number of nitrogens with zero attached hydrogens (tertiary/aromatic N) is 4. The van der Waals surface area contributed by atoms with Crippen molar-refractivity contribution >= 4 is 29.0 Å². The normalized spacial score (nSPS) is 14.3. The molecule has 1 N–H and O–H groups in total. The molecule has 0 bridgehead atoms. The van der Waals surface area contributed by atoms with Crippen LogP contribution in [0.1, 0.15) is 31.3 Å². The molecule has 3 heterocycles. The lowest BCUT2D eigenvalue weighted by Gasteiger charge is -2.35. The van der Waals surface area contributed by atoms with Crippen molar-refractivity contribution in [3.8, 4) is 0 Å². The van der Waals surface area contributed by atoms with Crippen molar-refractivity contribution in [2.75, 3.05) is 31.1 Å². The molecular weight excluding hydrogens is 455 g/mol. The van der Waals surface area contributed by atoms with Gasteiger partial charge in [0.05, 0.1) is 17.7 Å². The summed E-state index contributed by atoms with van der Waals surface area (Å²) in [5, 5.41) is 12.8. The van der Waals surface area contributed by atoms with Crippen LogP contribution in [0.25, 0.3) is 0 Å². The van der Waals surface area contributed by atoms with Crippen LogP contribution in [-0.4, -0.2) is 53.1 Å². The molecule has 4 rings (SSSR count). The van der Waals surface area contributed by atoms with Crippen LogP contribution in [0.15, 0.2) is 53.9 Å². The summed E-state index contributed by atoms with van der Waals surface area (Å²) < 4.78 is 39.7. The minimum absolute atomic E-state index is 0.188. The highest BCUT2D eigenvalue weighted by molar-refractivity contribution is 7.09. The van der Waals surface area contributed by atoms with E-state index in [2.05, 4.69) is 15.5 Å². The highest BCUT2D eigenvalue weighted by Gasteiger charge is 2.36.